The van der Waals surface area contributed by atoms with Crippen molar-refractivity contribution in [3.8, 4) is 6.19 Å². The molecule has 0 saturated heterocycles. The van der Waals surface area contributed by atoms with Gasteiger partial charge in [-0.3, -0.25) is 5.32 Å². The summed E-state index contributed by atoms with van der Waals surface area (Å²) in [6.45, 7) is 0.705. The molecule has 0 saturated carbocycles. The van der Waals surface area contributed by atoms with Crippen molar-refractivity contribution >= 4 is 57.5 Å². The SMILES string of the molecule is CS/C(=N/c1cc(Cl)c(C2=CCN(C(=O)O)CC2)c(Cl)c1)NC#N. The number of amides is 1. The summed E-state index contributed by atoms with van der Waals surface area (Å²) in [5.74, 6) is 0. The predicted molar refractivity (Wildman–Crippen MR) is 98.0 cm³/mol. The van der Waals surface area contributed by atoms with Crippen molar-refractivity contribution in [3.05, 3.63) is 33.8 Å². The molecule has 1 aliphatic rings. The van der Waals surface area contributed by atoms with Gasteiger partial charge in [-0.2, -0.15) is 5.26 Å². The lowest BCUT2D eigenvalue weighted by Gasteiger charge is -2.24. The molecule has 2 N–H and O–H groups in total. The number of nitrogens with one attached hydrogen (secondary N) is 1. The lowest BCUT2D eigenvalue weighted by molar-refractivity contribution is 0.150. The van der Waals surface area contributed by atoms with Crippen molar-refractivity contribution in [1.29, 1.82) is 5.26 Å². The van der Waals surface area contributed by atoms with Crippen molar-refractivity contribution in [2.24, 2.45) is 4.99 Å². The molecule has 0 bridgehead atoms. The maximum Gasteiger partial charge on any atom is 0.407 e. The highest BCUT2D eigenvalue weighted by molar-refractivity contribution is 8.13. The first kappa shape index (κ1) is 18.5. The second-order valence-corrected chi connectivity index (χ2v) is 6.46. The summed E-state index contributed by atoms with van der Waals surface area (Å²) in [5.41, 5.74) is 2.14. The molecular weight excluding hydrogens is 371 g/mol. The third kappa shape index (κ3) is 4.35. The molecule has 1 aromatic rings. The van der Waals surface area contributed by atoms with E-state index < -0.39 is 6.09 Å². The van der Waals surface area contributed by atoms with Crippen molar-refractivity contribution in [3.63, 3.8) is 0 Å². The molecule has 0 fully saturated rings. The summed E-state index contributed by atoms with van der Waals surface area (Å²) in [5, 5.41) is 21.4. The topological polar surface area (TPSA) is 88.7 Å². The summed E-state index contributed by atoms with van der Waals surface area (Å²) < 4.78 is 0. The van der Waals surface area contributed by atoms with Crippen LogP contribution >= 0.6 is 35.0 Å². The van der Waals surface area contributed by atoms with E-state index in [0.29, 0.717) is 46.0 Å². The van der Waals surface area contributed by atoms with E-state index in [1.165, 1.54) is 16.7 Å². The zero-order valence-electron chi connectivity index (χ0n) is 12.7. The molecular formula is C15H14Cl2N4O2S. The zero-order chi connectivity index (χ0) is 17.7. The summed E-state index contributed by atoms with van der Waals surface area (Å²) in [6, 6.07) is 3.34. The number of thioether (sulfide) groups is 1. The number of rotatable bonds is 2. The summed E-state index contributed by atoms with van der Waals surface area (Å²) in [7, 11) is 0. The monoisotopic (exact) mass is 384 g/mol. The number of aliphatic imine (C=N–C) groups is 1. The molecule has 0 aliphatic carbocycles. The number of nitriles is 1. The minimum absolute atomic E-state index is 0.305. The number of hydrogen-bond acceptors (Lipinski definition) is 4. The van der Waals surface area contributed by atoms with Gasteiger partial charge in [0, 0.05) is 18.7 Å². The van der Waals surface area contributed by atoms with E-state index in [2.05, 4.69) is 10.3 Å². The van der Waals surface area contributed by atoms with Crippen LogP contribution in [0.2, 0.25) is 10.0 Å². The van der Waals surface area contributed by atoms with Gasteiger partial charge in [-0.25, -0.2) is 9.79 Å². The molecule has 0 unspecified atom stereocenters. The molecule has 2 rings (SSSR count). The van der Waals surface area contributed by atoms with Crippen LogP contribution in [-0.2, 0) is 0 Å². The first-order valence-electron chi connectivity index (χ1n) is 6.90. The minimum atomic E-state index is -0.943. The Morgan fingerprint density at radius 3 is 2.58 bits per heavy atom. The van der Waals surface area contributed by atoms with E-state index in [1.807, 2.05) is 12.3 Å². The van der Waals surface area contributed by atoms with Gasteiger partial charge in [0.15, 0.2) is 11.4 Å². The van der Waals surface area contributed by atoms with E-state index in [1.54, 1.807) is 18.4 Å². The molecule has 0 aromatic heterocycles. The summed E-state index contributed by atoms with van der Waals surface area (Å²) >= 11 is 14.0. The third-order valence-electron chi connectivity index (χ3n) is 3.41. The van der Waals surface area contributed by atoms with Gasteiger partial charge in [0.2, 0.25) is 0 Å². The maximum atomic E-state index is 11.0. The van der Waals surface area contributed by atoms with Crippen molar-refractivity contribution in [2.75, 3.05) is 19.3 Å². The van der Waals surface area contributed by atoms with E-state index in [-0.39, 0.29) is 0 Å². The highest BCUT2D eigenvalue weighted by Crippen LogP contribution is 2.37. The van der Waals surface area contributed by atoms with E-state index in [0.717, 1.165) is 5.57 Å². The van der Waals surface area contributed by atoms with Gasteiger partial charge in [-0.15, -0.1) is 0 Å². The van der Waals surface area contributed by atoms with Crippen LogP contribution in [0.1, 0.15) is 12.0 Å². The fourth-order valence-electron chi connectivity index (χ4n) is 2.29. The highest BCUT2D eigenvalue weighted by Gasteiger charge is 2.20. The maximum absolute atomic E-state index is 11.0. The number of benzene rings is 1. The number of hydrogen-bond donors (Lipinski definition) is 2. The zero-order valence-corrected chi connectivity index (χ0v) is 15.0. The van der Waals surface area contributed by atoms with Crippen LogP contribution in [0.25, 0.3) is 5.57 Å². The van der Waals surface area contributed by atoms with Crippen LogP contribution in [0.15, 0.2) is 23.2 Å². The quantitative estimate of drug-likeness (QED) is 0.345. The molecule has 9 heteroatoms. The van der Waals surface area contributed by atoms with Crippen molar-refractivity contribution in [1.82, 2.24) is 10.2 Å². The average molecular weight is 385 g/mol. The van der Waals surface area contributed by atoms with Gasteiger partial charge < -0.3 is 10.0 Å². The first-order valence-corrected chi connectivity index (χ1v) is 8.88. The molecule has 1 aromatic carbocycles. The molecule has 0 spiro atoms. The van der Waals surface area contributed by atoms with Crippen molar-refractivity contribution in [2.45, 2.75) is 6.42 Å². The highest BCUT2D eigenvalue weighted by atomic mass is 35.5. The van der Waals surface area contributed by atoms with Gasteiger partial charge in [0.25, 0.3) is 0 Å². The molecule has 1 amide bonds. The van der Waals surface area contributed by atoms with E-state index in [4.69, 9.17) is 33.6 Å². The predicted octanol–water partition coefficient (Wildman–Crippen LogP) is 4.18. The number of halogens is 2. The third-order valence-corrected chi connectivity index (χ3v) is 4.59. The van der Waals surface area contributed by atoms with Gasteiger partial charge in [-0.05, 0) is 30.4 Å². The fourth-order valence-corrected chi connectivity index (χ4v) is 3.35. The van der Waals surface area contributed by atoms with Crippen LogP contribution in [-0.4, -0.2) is 40.6 Å². The lowest BCUT2D eigenvalue weighted by Crippen LogP contribution is -2.33. The number of amidine groups is 1. The Morgan fingerprint density at radius 2 is 2.12 bits per heavy atom. The van der Waals surface area contributed by atoms with Gasteiger partial charge in [0.05, 0.1) is 15.7 Å². The second kappa shape index (κ2) is 8.29. The Hall–Kier alpha value is -1.88. The molecule has 0 atom stereocenters. The molecule has 1 aliphatic heterocycles. The van der Waals surface area contributed by atoms with Gasteiger partial charge in [0.1, 0.15) is 0 Å². The summed E-state index contributed by atoms with van der Waals surface area (Å²) in [4.78, 5) is 16.6. The Bertz CT molecular complexity index is 735. The standard InChI is InChI=1S/C15H14Cl2N4O2S/c1-24-14(19-8-18)20-10-6-11(16)13(12(17)7-10)9-2-4-21(5-3-9)15(22)23/h2,6-7H,3-5H2,1H3,(H,19,20)(H,22,23). The van der Waals surface area contributed by atoms with E-state index in [9.17, 15) is 4.79 Å². The molecule has 1 heterocycles. The molecule has 126 valence electrons. The largest absolute Gasteiger partial charge is 0.465 e. The second-order valence-electron chi connectivity index (χ2n) is 4.85. The molecule has 24 heavy (non-hydrogen) atoms. The Balaban J connectivity index is 2.32. The normalized spacial score (nSPS) is 14.8. The van der Waals surface area contributed by atoms with Crippen LogP contribution in [0.5, 0.6) is 0 Å². The van der Waals surface area contributed by atoms with Crippen LogP contribution in [0, 0.1) is 11.5 Å². The molecule has 0 radical (unpaired) electrons. The van der Waals surface area contributed by atoms with Crippen LogP contribution < -0.4 is 5.32 Å². The first-order chi connectivity index (χ1) is 11.5. The molecule has 6 nitrogen and oxygen atoms in total. The number of nitrogens with zero attached hydrogens (tertiary/aromatic N) is 3. The minimum Gasteiger partial charge on any atom is -0.465 e. The summed E-state index contributed by atoms with van der Waals surface area (Å²) in [6.07, 6.45) is 5.03. The van der Waals surface area contributed by atoms with E-state index >= 15 is 0 Å². The van der Waals surface area contributed by atoms with Gasteiger partial charge in [-0.1, -0.05) is 41.0 Å². The van der Waals surface area contributed by atoms with Crippen LogP contribution in [0.3, 0.4) is 0 Å². The smallest absolute Gasteiger partial charge is 0.407 e. The Morgan fingerprint density at radius 1 is 1.46 bits per heavy atom. The fraction of sp³-hybridized carbons (Fsp3) is 0.267. The van der Waals surface area contributed by atoms with Crippen molar-refractivity contribution < 1.29 is 9.90 Å². The van der Waals surface area contributed by atoms with Gasteiger partial charge >= 0.3 is 6.09 Å². The van der Waals surface area contributed by atoms with Crippen LogP contribution in [0.4, 0.5) is 10.5 Å². The Kier molecular flexibility index (Phi) is 6.37. The number of carbonyl (C=O) groups is 1. The lowest BCUT2D eigenvalue weighted by atomic mass is 9.99. The number of carboxylic acid groups (broad SMARTS) is 1. The average Bonchev–Trinajstić information content (AvgIpc) is 2.54. The Labute approximate surface area is 153 Å².